The fraction of sp³-hybridized carbons (Fsp3) is 0.652. The van der Waals surface area contributed by atoms with Crippen LogP contribution < -0.4 is 4.74 Å². The molecule has 6 heteroatoms. The van der Waals surface area contributed by atoms with Crippen LogP contribution in [0.4, 0.5) is 0 Å². The average Bonchev–Trinajstić information content (AvgIpc) is 3.13. The molecule has 1 aromatic rings. The van der Waals surface area contributed by atoms with Crippen molar-refractivity contribution in [2.45, 2.75) is 50.7 Å². The molecule has 5 atom stereocenters. The Balaban J connectivity index is 1.44. The summed E-state index contributed by atoms with van der Waals surface area (Å²) in [6, 6.07) is 7.95. The van der Waals surface area contributed by atoms with Crippen molar-refractivity contribution in [1.29, 1.82) is 0 Å². The number of carbonyl (C=O) groups is 2. The molecule has 0 bridgehead atoms. The molecule has 29 heavy (non-hydrogen) atoms. The molecule has 0 radical (unpaired) electrons. The molecule has 0 N–H and O–H groups in total. The Bertz CT molecular complexity index is 761. The number of ether oxygens (including phenoxy) is 3. The molecule has 158 valence electrons. The number of methoxy groups -OCH3 is 1. The molecule has 3 heterocycles. The monoisotopic (exact) mass is 402 g/mol. The summed E-state index contributed by atoms with van der Waals surface area (Å²) in [5.41, 5.74) is 0.719. The molecular weight excluding hydrogens is 370 g/mol. The van der Waals surface area contributed by atoms with E-state index in [9.17, 15) is 9.59 Å². The molecule has 6 nitrogen and oxygen atoms in total. The smallest absolute Gasteiger partial charge is 0.313 e. The predicted octanol–water partition coefficient (Wildman–Crippen LogP) is 3.25. The van der Waals surface area contributed by atoms with Crippen molar-refractivity contribution in [3.05, 3.63) is 29.8 Å². The molecule has 1 aromatic carbocycles. The molecule has 3 fully saturated rings. The first-order chi connectivity index (χ1) is 14.0. The molecule has 0 spiro atoms. The number of para-hydroxylation sites is 1. The fourth-order valence-electron chi connectivity index (χ4n) is 5.67. The predicted molar refractivity (Wildman–Crippen MR) is 107 cm³/mol. The van der Waals surface area contributed by atoms with Crippen LogP contribution in [0.3, 0.4) is 0 Å². The van der Waals surface area contributed by atoms with Crippen LogP contribution in [0.1, 0.15) is 50.2 Å². The Labute approximate surface area is 172 Å². The minimum absolute atomic E-state index is 0.0589. The summed E-state index contributed by atoms with van der Waals surface area (Å²) < 4.78 is 17.8. The highest BCUT2D eigenvalue weighted by Gasteiger charge is 2.46. The van der Waals surface area contributed by atoms with Crippen molar-refractivity contribution >= 4 is 11.9 Å². The summed E-state index contributed by atoms with van der Waals surface area (Å²) in [6.45, 7) is 2.91. The number of piperidine rings is 2. The normalized spacial score (nSPS) is 34.2. The van der Waals surface area contributed by atoms with Gasteiger partial charge in [-0.1, -0.05) is 18.2 Å². The van der Waals surface area contributed by atoms with Crippen LogP contribution >= 0.6 is 0 Å². The van der Waals surface area contributed by atoms with E-state index in [1.807, 2.05) is 24.3 Å². The Kier molecular flexibility index (Phi) is 5.81. The molecule has 4 rings (SSSR count). The van der Waals surface area contributed by atoms with Crippen LogP contribution in [0, 0.1) is 11.8 Å². The van der Waals surface area contributed by atoms with Crippen LogP contribution in [-0.2, 0) is 19.1 Å². The van der Waals surface area contributed by atoms with Gasteiger partial charge in [-0.15, -0.1) is 0 Å². The molecule has 0 amide bonds. The van der Waals surface area contributed by atoms with Crippen molar-refractivity contribution in [2.75, 3.05) is 33.9 Å². The van der Waals surface area contributed by atoms with Crippen molar-refractivity contribution in [2.24, 2.45) is 11.8 Å². The number of hydrogen-bond acceptors (Lipinski definition) is 5. The van der Waals surface area contributed by atoms with Crippen LogP contribution in [0.25, 0.3) is 0 Å². The number of cyclic esters (lactones) is 1. The van der Waals surface area contributed by atoms with E-state index in [0.717, 1.165) is 16.5 Å². The maximum atomic E-state index is 13.0. The summed E-state index contributed by atoms with van der Waals surface area (Å²) in [6.07, 6.45) is 5.49. The van der Waals surface area contributed by atoms with Crippen LogP contribution in [0.15, 0.2) is 24.3 Å². The molecule has 0 unspecified atom stereocenters. The lowest BCUT2D eigenvalue weighted by atomic mass is 9.82. The zero-order chi connectivity index (χ0) is 20.4. The van der Waals surface area contributed by atoms with Crippen LogP contribution in [0.5, 0.6) is 5.75 Å². The zero-order valence-corrected chi connectivity index (χ0v) is 17.5. The molecule has 0 aromatic heterocycles. The molecule has 0 saturated carbocycles. The number of rotatable bonds is 5. The summed E-state index contributed by atoms with van der Waals surface area (Å²) in [5, 5.41) is 0. The van der Waals surface area contributed by atoms with E-state index in [1.165, 1.54) is 38.8 Å². The van der Waals surface area contributed by atoms with Gasteiger partial charge in [0, 0.05) is 17.9 Å². The summed E-state index contributed by atoms with van der Waals surface area (Å²) in [5.74, 6) is -0.290. The first-order valence-electron chi connectivity index (χ1n) is 10.8. The van der Waals surface area contributed by atoms with Gasteiger partial charge in [0.05, 0.1) is 46.3 Å². The summed E-state index contributed by atoms with van der Waals surface area (Å²) in [7, 11) is 3.93. The topological polar surface area (TPSA) is 61.8 Å². The van der Waals surface area contributed by atoms with Crippen molar-refractivity contribution in [3.63, 3.8) is 0 Å². The lowest BCUT2D eigenvalue weighted by molar-refractivity contribution is -0.947. The van der Waals surface area contributed by atoms with Gasteiger partial charge in [-0.05, 0) is 31.7 Å². The van der Waals surface area contributed by atoms with Gasteiger partial charge in [0.15, 0.2) is 0 Å². The second kappa shape index (κ2) is 8.34. The summed E-state index contributed by atoms with van der Waals surface area (Å²) in [4.78, 5) is 25.0. The van der Waals surface area contributed by atoms with Gasteiger partial charge in [-0.25, -0.2) is 0 Å². The minimum atomic E-state index is -0.645. The highest BCUT2D eigenvalue weighted by Crippen LogP contribution is 2.41. The van der Waals surface area contributed by atoms with E-state index in [1.54, 1.807) is 7.11 Å². The van der Waals surface area contributed by atoms with E-state index in [-0.39, 0.29) is 18.4 Å². The van der Waals surface area contributed by atoms with Gasteiger partial charge in [0.2, 0.25) is 0 Å². The Hall–Kier alpha value is -2.08. The third kappa shape index (κ3) is 4.00. The van der Waals surface area contributed by atoms with Crippen molar-refractivity contribution < 1.29 is 28.3 Å². The van der Waals surface area contributed by atoms with E-state index in [0.29, 0.717) is 24.3 Å². The maximum absolute atomic E-state index is 13.0. The van der Waals surface area contributed by atoms with Gasteiger partial charge in [0.25, 0.3) is 0 Å². The van der Waals surface area contributed by atoms with Crippen molar-refractivity contribution in [1.82, 2.24) is 0 Å². The Morgan fingerprint density at radius 1 is 1.17 bits per heavy atom. The largest absolute Gasteiger partial charge is 0.496 e. The SMILES string of the molecule is COc1ccccc1[C@@H]1OC(=O)C[C@H]1C(=O)OC[C@@H]1CCC[N@@+]2(C)CCCC[C@H]12. The second-order valence-corrected chi connectivity index (χ2v) is 8.99. The number of fused-ring (bicyclic) bond motifs is 1. The van der Waals surface area contributed by atoms with Crippen LogP contribution in [-0.4, -0.2) is 56.3 Å². The first-order valence-corrected chi connectivity index (χ1v) is 10.8. The first kappa shape index (κ1) is 20.2. The standard InChI is InChI=1S/C23H32NO5/c1-24-12-6-5-10-19(24)16(8-7-13-24)15-28-23(26)18-14-21(25)29-22(18)17-9-3-4-11-20(17)27-2/h3-4,9,11,16,18-19,22H,5-8,10,12-15H2,1-2H3/q+1/t16-,18+,19+,22-,24+/m0/s1. The highest BCUT2D eigenvalue weighted by atomic mass is 16.6. The van der Waals surface area contributed by atoms with E-state index < -0.39 is 12.0 Å². The van der Waals surface area contributed by atoms with Crippen molar-refractivity contribution in [3.8, 4) is 5.75 Å². The highest BCUT2D eigenvalue weighted by molar-refractivity contribution is 5.84. The van der Waals surface area contributed by atoms with E-state index in [4.69, 9.17) is 14.2 Å². The Morgan fingerprint density at radius 3 is 2.79 bits per heavy atom. The molecular formula is C23H32NO5+. The van der Waals surface area contributed by atoms with Gasteiger partial charge in [-0.3, -0.25) is 9.59 Å². The number of benzene rings is 1. The molecule has 3 aliphatic heterocycles. The third-order valence-corrected chi connectivity index (χ3v) is 7.21. The van der Waals surface area contributed by atoms with E-state index >= 15 is 0 Å². The van der Waals surface area contributed by atoms with Gasteiger partial charge in [0.1, 0.15) is 17.8 Å². The summed E-state index contributed by atoms with van der Waals surface area (Å²) >= 11 is 0. The minimum Gasteiger partial charge on any atom is -0.496 e. The maximum Gasteiger partial charge on any atom is 0.313 e. The molecule has 3 saturated heterocycles. The number of carbonyl (C=O) groups excluding carboxylic acids is 2. The number of nitrogens with zero attached hydrogens (tertiary/aromatic N) is 1. The fourth-order valence-corrected chi connectivity index (χ4v) is 5.67. The molecule has 3 aliphatic rings. The zero-order valence-electron chi connectivity index (χ0n) is 17.5. The molecule has 0 aliphatic carbocycles. The van der Waals surface area contributed by atoms with Gasteiger partial charge >= 0.3 is 11.9 Å². The van der Waals surface area contributed by atoms with Gasteiger partial charge in [-0.2, -0.15) is 0 Å². The third-order valence-electron chi connectivity index (χ3n) is 7.21. The second-order valence-electron chi connectivity index (χ2n) is 8.99. The van der Waals surface area contributed by atoms with Crippen LogP contribution in [0.2, 0.25) is 0 Å². The van der Waals surface area contributed by atoms with Gasteiger partial charge < -0.3 is 18.7 Å². The lowest BCUT2D eigenvalue weighted by Gasteiger charge is -2.51. The Morgan fingerprint density at radius 2 is 1.97 bits per heavy atom. The average molecular weight is 403 g/mol. The number of esters is 2. The number of quaternary nitrogens is 1. The number of hydrogen-bond donors (Lipinski definition) is 0. The quantitative estimate of drug-likeness (QED) is 0.559. The lowest BCUT2D eigenvalue weighted by Crippen LogP contribution is -2.61. The van der Waals surface area contributed by atoms with E-state index in [2.05, 4.69) is 7.05 Å².